The Morgan fingerprint density at radius 1 is 0.679 bits per heavy atom. The Bertz CT molecular complexity index is 1320. The number of nitrogens with zero attached hydrogens (tertiary/aromatic N) is 1. The molecule has 4 aromatic carbocycles. The standard InChI is InChI=1S/C26H17NO/c28-26(23-14-6-11-19-10-4-5-12-21(19)23)20-16-24-22(18-8-2-1-3-9-18)13-7-15-25(24)27-17-20/h1-17H. The average molecular weight is 359 g/mol. The Morgan fingerprint density at radius 2 is 1.43 bits per heavy atom. The molecule has 0 saturated carbocycles. The largest absolute Gasteiger partial charge is 0.289 e. The van der Waals surface area contributed by atoms with Crippen molar-refractivity contribution in [3.8, 4) is 11.1 Å². The van der Waals surface area contributed by atoms with Gasteiger partial charge in [0.15, 0.2) is 5.78 Å². The molecule has 0 aliphatic rings. The van der Waals surface area contributed by atoms with Gasteiger partial charge >= 0.3 is 0 Å². The molecule has 28 heavy (non-hydrogen) atoms. The zero-order valence-electron chi connectivity index (χ0n) is 15.2. The van der Waals surface area contributed by atoms with Crippen LogP contribution in [0.25, 0.3) is 32.8 Å². The molecule has 2 nitrogen and oxygen atoms in total. The molecule has 0 aliphatic heterocycles. The summed E-state index contributed by atoms with van der Waals surface area (Å²) in [7, 11) is 0. The van der Waals surface area contributed by atoms with E-state index >= 15 is 0 Å². The van der Waals surface area contributed by atoms with Gasteiger partial charge in [-0.3, -0.25) is 9.78 Å². The molecular weight excluding hydrogens is 342 g/mol. The highest BCUT2D eigenvalue weighted by Crippen LogP contribution is 2.29. The van der Waals surface area contributed by atoms with E-state index in [1.807, 2.05) is 78.9 Å². The molecule has 2 heteroatoms. The minimum Gasteiger partial charge on any atom is -0.289 e. The lowest BCUT2D eigenvalue weighted by Gasteiger charge is -2.09. The van der Waals surface area contributed by atoms with Crippen molar-refractivity contribution in [2.75, 3.05) is 0 Å². The number of carbonyl (C=O) groups excluding carboxylic acids is 1. The molecule has 0 aliphatic carbocycles. The van der Waals surface area contributed by atoms with E-state index in [1.54, 1.807) is 6.20 Å². The predicted octanol–water partition coefficient (Wildman–Crippen LogP) is 6.29. The van der Waals surface area contributed by atoms with E-state index in [9.17, 15) is 4.79 Å². The van der Waals surface area contributed by atoms with E-state index in [0.29, 0.717) is 11.1 Å². The molecule has 0 atom stereocenters. The lowest BCUT2D eigenvalue weighted by molar-refractivity contribution is 0.104. The predicted molar refractivity (Wildman–Crippen MR) is 115 cm³/mol. The van der Waals surface area contributed by atoms with Crippen LogP contribution in [0.2, 0.25) is 0 Å². The summed E-state index contributed by atoms with van der Waals surface area (Å²) in [6, 6.07) is 32.0. The summed E-state index contributed by atoms with van der Waals surface area (Å²) < 4.78 is 0. The number of ketones is 1. The Morgan fingerprint density at radius 3 is 2.32 bits per heavy atom. The first-order valence-electron chi connectivity index (χ1n) is 9.28. The summed E-state index contributed by atoms with van der Waals surface area (Å²) >= 11 is 0. The van der Waals surface area contributed by atoms with Crippen molar-refractivity contribution < 1.29 is 4.79 Å². The number of benzene rings is 4. The maximum absolute atomic E-state index is 13.3. The summed E-state index contributed by atoms with van der Waals surface area (Å²) in [5.74, 6) is -0.00550. The monoisotopic (exact) mass is 359 g/mol. The van der Waals surface area contributed by atoms with Gasteiger partial charge in [0, 0.05) is 22.7 Å². The molecule has 0 unspecified atom stereocenters. The van der Waals surface area contributed by atoms with Crippen molar-refractivity contribution in [3.63, 3.8) is 0 Å². The lowest BCUT2D eigenvalue weighted by Crippen LogP contribution is -2.03. The second-order valence-electron chi connectivity index (χ2n) is 6.82. The fourth-order valence-corrected chi connectivity index (χ4v) is 3.72. The van der Waals surface area contributed by atoms with Gasteiger partial charge in [-0.2, -0.15) is 0 Å². The molecule has 0 fully saturated rings. The molecule has 5 aromatic rings. The second kappa shape index (κ2) is 6.75. The van der Waals surface area contributed by atoms with Crippen LogP contribution < -0.4 is 0 Å². The van der Waals surface area contributed by atoms with E-state index in [-0.39, 0.29) is 5.78 Å². The first-order chi connectivity index (χ1) is 13.8. The van der Waals surface area contributed by atoms with Crippen LogP contribution in [0.4, 0.5) is 0 Å². The number of hydrogen-bond donors (Lipinski definition) is 0. The van der Waals surface area contributed by atoms with Crippen molar-refractivity contribution in [2.24, 2.45) is 0 Å². The van der Waals surface area contributed by atoms with Crippen LogP contribution in [0.3, 0.4) is 0 Å². The molecule has 5 rings (SSSR count). The topological polar surface area (TPSA) is 30.0 Å². The van der Waals surface area contributed by atoms with Gasteiger partial charge in [0.05, 0.1) is 5.52 Å². The van der Waals surface area contributed by atoms with Gasteiger partial charge in [0.25, 0.3) is 0 Å². The Hall–Kier alpha value is -3.78. The molecular formula is C26H17NO. The molecule has 0 N–H and O–H groups in total. The smallest absolute Gasteiger partial charge is 0.195 e. The van der Waals surface area contributed by atoms with Gasteiger partial charge in [-0.15, -0.1) is 0 Å². The fraction of sp³-hybridized carbons (Fsp3) is 0. The second-order valence-corrected chi connectivity index (χ2v) is 6.82. The van der Waals surface area contributed by atoms with E-state index in [1.165, 1.54) is 0 Å². The first kappa shape index (κ1) is 16.4. The zero-order valence-corrected chi connectivity index (χ0v) is 15.2. The molecule has 0 bridgehead atoms. The highest BCUT2D eigenvalue weighted by molar-refractivity contribution is 6.17. The number of rotatable bonds is 3. The Labute approximate surface area is 163 Å². The maximum Gasteiger partial charge on any atom is 0.195 e. The molecule has 0 spiro atoms. The number of aromatic nitrogens is 1. The van der Waals surface area contributed by atoms with E-state index in [0.717, 1.165) is 32.8 Å². The molecule has 1 aromatic heterocycles. The van der Waals surface area contributed by atoms with Crippen LogP contribution in [0, 0.1) is 0 Å². The van der Waals surface area contributed by atoms with Crippen LogP contribution in [-0.4, -0.2) is 10.8 Å². The lowest BCUT2D eigenvalue weighted by atomic mass is 9.95. The number of fused-ring (bicyclic) bond motifs is 2. The van der Waals surface area contributed by atoms with Crippen molar-refractivity contribution in [1.82, 2.24) is 4.98 Å². The SMILES string of the molecule is O=C(c1cnc2cccc(-c3ccccc3)c2c1)c1cccc2ccccc12. The maximum atomic E-state index is 13.3. The summed E-state index contributed by atoms with van der Waals surface area (Å²) in [6.07, 6.45) is 1.68. The van der Waals surface area contributed by atoms with Crippen LogP contribution >= 0.6 is 0 Å². The van der Waals surface area contributed by atoms with Crippen molar-refractivity contribution in [1.29, 1.82) is 0 Å². The van der Waals surface area contributed by atoms with Crippen LogP contribution in [0.15, 0.2) is 103 Å². The summed E-state index contributed by atoms with van der Waals surface area (Å²) in [5.41, 5.74) is 4.39. The van der Waals surface area contributed by atoms with Gasteiger partial charge in [0.1, 0.15) is 0 Å². The third-order valence-electron chi connectivity index (χ3n) is 5.11. The van der Waals surface area contributed by atoms with E-state index in [2.05, 4.69) is 23.2 Å². The van der Waals surface area contributed by atoms with Crippen molar-refractivity contribution in [3.05, 3.63) is 114 Å². The fourth-order valence-electron chi connectivity index (χ4n) is 3.72. The highest BCUT2D eigenvalue weighted by Gasteiger charge is 2.14. The van der Waals surface area contributed by atoms with Gasteiger partial charge in [-0.1, -0.05) is 84.9 Å². The number of pyridine rings is 1. The van der Waals surface area contributed by atoms with Gasteiger partial charge in [-0.25, -0.2) is 0 Å². The number of hydrogen-bond acceptors (Lipinski definition) is 2. The quantitative estimate of drug-likeness (QED) is 0.355. The third-order valence-corrected chi connectivity index (χ3v) is 5.11. The minimum absolute atomic E-state index is 0.00550. The van der Waals surface area contributed by atoms with Gasteiger partial charge in [-0.05, 0) is 34.0 Å². The van der Waals surface area contributed by atoms with Crippen molar-refractivity contribution in [2.45, 2.75) is 0 Å². The molecule has 0 saturated heterocycles. The van der Waals surface area contributed by atoms with E-state index < -0.39 is 0 Å². The van der Waals surface area contributed by atoms with Crippen LogP contribution in [-0.2, 0) is 0 Å². The summed E-state index contributed by atoms with van der Waals surface area (Å²) in [5, 5.41) is 3.01. The normalized spacial score (nSPS) is 11.0. The minimum atomic E-state index is -0.00550. The van der Waals surface area contributed by atoms with Crippen molar-refractivity contribution >= 4 is 27.5 Å². The Balaban J connectivity index is 1.68. The van der Waals surface area contributed by atoms with Crippen LogP contribution in [0.5, 0.6) is 0 Å². The summed E-state index contributed by atoms with van der Waals surface area (Å²) in [6.45, 7) is 0. The molecule has 132 valence electrons. The van der Waals surface area contributed by atoms with Gasteiger partial charge in [0.2, 0.25) is 0 Å². The summed E-state index contributed by atoms with van der Waals surface area (Å²) in [4.78, 5) is 17.9. The first-order valence-corrected chi connectivity index (χ1v) is 9.28. The Kier molecular flexibility index (Phi) is 3.95. The third kappa shape index (κ3) is 2.76. The van der Waals surface area contributed by atoms with Crippen LogP contribution in [0.1, 0.15) is 15.9 Å². The number of carbonyl (C=O) groups is 1. The average Bonchev–Trinajstić information content (AvgIpc) is 2.78. The molecule has 0 amide bonds. The van der Waals surface area contributed by atoms with E-state index in [4.69, 9.17) is 0 Å². The zero-order chi connectivity index (χ0) is 18.9. The highest BCUT2D eigenvalue weighted by atomic mass is 16.1. The van der Waals surface area contributed by atoms with Gasteiger partial charge < -0.3 is 0 Å². The molecule has 0 radical (unpaired) electrons. The molecule has 1 heterocycles.